The van der Waals surface area contributed by atoms with Gasteiger partial charge in [0.15, 0.2) is 0 Å². The molecule has 5 heteroatoms. The second kappa shape index (κ2) is 9.34. The van der Waals surface area contributed by atoms with Crippen molar-refractivity contribution >= 4 is 11.8 Å². The maximum atomic E-state index is 12.1. The van der Waals surface area contributed by atoms with Crippen molar-refractivity contribution in [1.82, 2.24) is 0 Å². The summed E-state index contributed by atoms with van der Waals surface area (Å²) in [5.74, 6) is 4.52. The van der Waals surface area contributed by atoms with Crippen LogP contribution in [-0.2, 0) is 9.59 Å². The van der Waals surface area contributed by atoms with Gasteiger partial charge in [-0.3, -0.25) is 9.59 Å². The van der Waals surface area contributed by atoms with Crippen molar-refractivity contribution in [2.24, 2.45) is 17.3 Å². The highest BCUT2D eigenvalue weighted by Crippen LogP contribution is 2.44. The van der Waals surface area contributed by atoms with Crippen LogP contribution in [0.4, 0.5) is 0 Å². The summed E-state index contributed by atoms with van der Waals surface area (Å²) in [4.78, 5) is 22.6. The molecule has 5 nitrogen and oxygen atoms in total. The normalized spacial score (nSPS) is 28.4. The Bertz CT molecular complexity index is 593. The van der Waals surface area contributed by atoms with Crippen molar-refractivity contribution in [3.05, 3.63) is 12.2 Å². The van der Waals surface area contributed by atoms with Gasteiger partial charge in [0.25, 0.3) is 0 Å². The average Bonchev–Trinajstić information content (AvgIpc) is 2.81. The molecular formula is C21H30O5. The fourth-order valence-corrected chi connectivity index (χ4v) is 3.80. The molecule has 0 amide bonds. The molecule has 2 fully saturated rings. The molecule has 2 aliphatic rings. The third-order valence-corrected chi connectivity index (χ3v) is 5.89. The monoisotopic (exact) mass is 362 g/mol. The topological polar surface area (TPSA) is 94.8 Å². The van der Waals surface area contributed by atoms with Crippen LogP contribution in [0.15, 0.2) is 12.2 Å². The Labute approximate surface area is 155 Å². The Morgan fingerprint density at radius 2 is 2.12 bits per heavy atom. The predicted molar refractivity (Wildman–Crippen MR) is 98.2 cm³/mol. The van der Waals surface area contributed by atoms with E-state index in [1.54, 1.807) is 0 Å². The number of aliphatic carboxylic acids is 1. The molecule has 0 heterocycles. The number of carboxylic acids is 1. The van der Waals surface area contributed by atoms with Crippen LogP contribution in [-0.4, -0.2) is 39.3 Å². The number of carbonyl (C=O) groups excluding carboxylic acids is 1. The first-order chi connectivity index (χ1) is 12.3. The Balaban J connectivity index is 1.84. The molecule has 2 rings (SSSR count). The van der Waals surface area contributed by atoms with Gasteiger partial charge in [-0.25, -0.2) is 0 Å². The second-order valence-corrected chi connectivity index (χ2v) is 7.91. The Kier molecular flexibility index (Phi) is 7.43. The number of hydrogen-bond donors (Lipinski definition) is 3. The minimum atomic E-state index is -0.830. The zero-order valence-corrected chi connectivity index (χ0v) is 15.5. The van der Waals surface area contributed by atoms with E-state index in [0.717, 1.165) is 12.8 Å². The van der Waals surface area contributed by atoms with Crippen LogP contribution in [0.1, 0.15) is 64.7 Å². The molecule has 3 N–H and O–H groups in total. The number of rotatable bonds is 8. The fraction of sp³-hybridized carbons (Fsp3) is 0.714. The number of carboxylic acid groups (broad SMARTS) is 1. The quantitative estimate of drug-likeness (QED) is 0.351. The highest BCUT2D eigenvalue weighted by atomic mass is 16.4. The number of aliphatic hydroxyl groups is 2. The molecule has 0 bridgehead atoms. The molecule has 0 aromatic carbocycles. The summed E-state index contributed by atoms with van der Waals surface area (Å²) >= 11 is 0. The van der Waals surface area contributed by atoms with Crippen molar-refractivity contribution in [3.8, 4) is 11.8 Å². The Morgan fingerprint density at radius 3 is 2.73 bits per heavy atom. The van der Waals surface area contributed by atoms with Gasteiger partial charge in [-0.05, 0) is 31.1 Å². The Morgan fingerprint density at radius 1 is 1.38 bits per heavy atom. The van der Waals surface area contributed by atoms with E-state index in [-0.39, 0.29) is 42.0 Å². The standard InChI is InChI=1S/C21H30O5/c1-21(12-7-13-21)19(24)10-6-9-16-15(17(22)14-18(16)23)8-4-2-3-5-11-20(25)26/h6,9,15-16,18-19,23-24H,3,5,7-8,10-14H2,1H3,(H,25,26)/b9-6+/t15-,16-,18-,19?/m1/s1. The highest BCUT2D eigenvalue weighted by molar-refractivity contribution is 5.85. The van der Waals surface area contributed by atoms with Gasteiger partial charge in [-0.2, -0.15) is 0 Å². The van der Waals surface area contributed by atoms with E-state index >= 15 is 0 Å². The highest BCUT2D eigenvalue weighted by Gasteiger charge is 2.40. The van der Waals surface area contributed by atoms with Gasteiger partial charge >= 0.3 is 5.97 Å². The van der Waals surface area contributed by atoms with Crippen molar-refractivity contribution < 1.29 is 24.9 Å². The van der Waals surface area contributed by atoms with E-state index in [4.69, 9.17) is 5.11 Å². The number of Topliss-reactive ketones (excluding diaryl/α,β-unsaturated/α-hetero) is 1. The molecule has 2 saturated carbocycles. The molecule has 0 aliphatic heterocycles. The zero-order chi connectivity index (χ0) is 19.2. The number of carbonyl (C=O) groups is 2. The van der Waals surface area contributed by atoms with Gasteiger partial charge in [0.2, 0.25) is 0 Å². The predicted octanol–water partition coefficient (Wildman–Crippen LogP) is 2.70. The third kappa shape index (κ3) is 5.43. The maximum absolute atomic E-state index is 12.1. The van der Waals surface area contributed by atoms with Gasteiger partial charge in [0, 0.05) is 37.5 Å². The van der Waals surface area contributed by atoms with Crippen molar-refractivity contribution in [2.45, 2.75) is 76.9 Å². The molecule has 0 aromatic heterocycles. The molecule has 0 aromatic rings. The minimum absolute atomic E-state index is 0.00921. The lowest BCUT2D eigenvalue weighted by Crippen LogP contribution is -2.38. The number of ketones is 1. The van der Waals surface area contributed by atoms with Crippen LogP contribution in [0.25, 0.3) is 0 Å². The summed E-state index contributed by atoms with van der Waals surface area (Å²) < 4.78 is 0. The van der Waals surface area contributed by atoms with E-state index in [0.29, 0.717) is 25.7 Å². The van der Waals surface area contributed by atoms with Gasteiger partial charge in [-0.15, -0.1) is 11.8 Å². The summed E-state index contributed by atoms with van der Waals surface area (Å²) in [7, 11) is 0. The van der Waals surface area contributed by atoms with E-state index in [9.17, 15) is 19.8 Å². The van der Waals surface area contributed by atoms with Gasteiger partial charge in [0.05, 0.1) is 12.2 Å². The smallest absolute Gasteiger partial charge is 0.303 e. The first-order valence-corrected chi connectivity index (χ1v) is 9.56. The number of hydrogen-bond acceptors (Lipinski definition) is 4. The molecular weight excluding hydrogens is 332 g/mol. The van der Waals surface area contributed by atoms with Gasteiger partial charge in [0.1, 0.15) is 5.78 Å². The van der Waals surface area contributed by atoms with E-state index in [2.05, 4.69) is 18.8 Å². The van der Waals surface area contributed by atoms with Crippen LogP contribution in [0.5, 0.6) is 0 Å². The van der Waals surface area contributed by atoms with Crippen molar-refractivity contribution in [3.63, 3.8) is 0 Å². The van der Waals surface area contributed by atoms with E-state index in [1.165, 1.54) is 6.42 Å². The molecule has 144 valence electrons. The van der Waals surface area contributed by atoms with Crippen LogP contribution >= 0.6 is 0 Å². The largest absolute Gasteiger partial charge is 0.481 e. The van der Waals surface area contributed by atoms with Gasteiger partial charge in [-0.1, -0.05) is 25.5 Å². The first kappa shape index (κ1) is 20.7. The van der Waals surface area contributed by atoms with Crippen molar-refractivity contribution in [2.75, 3.05) is 0 Å². The van der Waals surface area contributed by atoms with Crippen molar-refractivity contribution in [1.29, 1.82) is 0 Å². The summed E-state index contributed by atoms with van der Waals surface area (Å²) in [6.45, 7) is 2.10. The molecule has 0 radical (unpaired) electrons. The second-order valence-electron chi connectivity index (χ2n) is 7.91. The molecule has 0 saturated heterocycles. The van der Waals surface area contributed by atoms with Crippen LogP contribution in [0.2, 0.25) is 0 Å². The van der Waals surface area contributed by atoms with Crippen LogP contribution < -0.4 is 0 Å². The summed E-state index contributed by atoms with van der Waals surface area (Å²) in [6.07, 6.45) is 8.15. The summed E-state index contributed by atoms with van der Waals surface area (Å²) in [5, 5.41) is 29.1. The third-order valence-electron chi connectivity index (χ3n) is 5.89. The molecule has 26 heavy (non-hydrogen) atoms. The zero-order valence-electron chi connectivity index (χ0n) is 15.5. The first-order valence-electron chi connectivity index (χ1n) is 9.56. The molecule has 2 aliphatic carbocycles. The van der Waals surface area contributed by atoms with E-state index in [1.807, 2.05) is 12.2 Å². The minimum Gasteiger partial charge on any atom is -0.481 e. The fourth-order valence-electron chi connectivity index (χ4n) is 3.80. The van der Waals surface area contributed by atoms with Crippen LogP contribution in [0.3, 0.4) is 0 Å². The maximum Gasteiger partial charge on any atom is 0.303 e. The summed E-state index contributed by atoms with van der Waals surface area (Å²) in [5.41, 5.74) is 0.00921. The SMILES string of the molecule is CC1(C(O)C/C=C/[C@H]2[C@H](O)CC(=O)[C@@H]2CC#CCCCC(=O)O)CCC1. The Hall–Kier alpha value is -1.64. The molecule has 0 spiro atoms. The molecule has 4 atom stereocenters. The average molecular weight is 362 g/mol. The lowest BCUT2D eigenvalue weighted by atomic mass is 9.66. The van der Waals surface area contributed by atoms with E-state index < -0.39 is 12.1 Å². The summed E-state index contributed by atoms with van der Waals surface area (Å²) in [6, 6.07) is 0. The van der Waals surface area contributed by atoms with Crippen LogP contribution in [0, 0.1) is 29.1 Å². The lowest BCUT2D eigenvalue weighted by Gasteiger charge is -2.42. The van der Waals surface area contributed by atoms with Gasteiger partial charge < -0.3 is 15.3 Å². The lowest BCUT2D eigenvalue weighted by molar-refractivity contribution is -0.137. The number of unbranched alkanes of at least 4 members (excludes halogenated alkanes) is 1. The molecule has 1 unspecified atom stereocenters. The number of aliphatic hydroxyl groups excluding tert-OH is 2.